The molecule has 0 saturated carbocycles. The van der Waals surface area contributed by atoms with E-state index >= 15 is 0 Å². The van der Waals surface area contributed by atoms with Gasteiger partial charge < -0.3 is 5.32 Å². The zero-order valence-corrected chi connectivity index (χ0v) is 13.7. The number of halogens is 1. The number of non-ortho nitro benzene ring substituents is 1. The number of hydrogen-bond acceptors (Lipinski definition) is 6. The molecule has 9 heteroatoms. The lowest BCUT2D eigenvalue weighted by Gasteiger charge is -2.05. The molecule has 1 N–H and O–H groups in total. The number of thiazole rings is 1. The Bertz CT molecular complexity index is 896. The second-order valence-electron chi connectivity index (χ2n) is 4.71. The van der Waals surface area contributed by atoms with Gasteiger partial charge in [0.25, 0.3) is 5.69 Å². The van der Waals surface area contributed by atoms with Gasteiger partial charge in [0.05, 0.1) is 26.6 Å². The van der Waals surface area contributed by atoms with Crippen LogP contribution >= 0.6 is 23.1 Å². The first-order valence-electron chi connectivity index (χ1n) is 6.75. The highest BCUT2D eigenvalue weighted by molar-refractivity contribution is 8.01. The van der Waals surface area contributed by atoms with Gasteiger partial charge >= 0.3 is 0 Å². The standard InChI is InChI=1S/C15H10FN3O3S2/c16-10-6-5-9(19(21)22)7-12(10)17-14(20)8-23-15-18-11-3-1-2-4-13(11)24-15/h1-7H,8H2,(H,17,20). The Labute approximate surface area is 143 Å². The predicted octanol–water partition coefficient (Wildman–Crippen LogP) is 4.07. The number of rotatable bonds is 5. The molecule has 0 radical (unpaired) electrons. The maximum absolute atomic E-state index is 13.6. The Morgan fingerprint density at radius 2 is 2.12 bits per heavy atom. The molecule has 1 amide bonds. The lowest BCUT2D eigenvalue weighted by atomic mass is 10.2. The van der Waals surface area contributed by atoms with Gasteiger partial charge in [-0.05, 0) is 18.2 Å². The zero-order valence-electron chi connectivity index (χ0n) is 12.1. The molecule has 0 atom stereocenters. The van der Waals surface area contributed by atoms with Crippen LogP contribution in [-0.2, 0) is 4.79 Å². The number of carbonyl (C=O) groups excluding carboxylic acids is 1. The Hall–Kier alpha value is -2.52. The summed E-state index contributed by atoms with van der Waals surface area (Å²) in [4.78, 5) is 26.4. The van der Waals surface area contributed by atoms with Crippen molar-refractivity contribution in [3.63, 3.8) is 0 Å². The van der Waals surface area contributed by atoms with Crippen LogP contribution in [0.5, 0.6) is 0 Å². The normalized spacial score (nSPS) is 10.7. The number of nitrogens with one attached hydrogen (secondary N) is 1. The number of anilines is 1. The van der Waals surface area contributed by atoms with Crippen molar-refractivity contribution in [2.45, 2.75) is 4.34 Å². The van der Waals surface area contributed by atoms with Crippen LogP contribution in [0.4, 0.5) is 15.8 Å². The predicted molar refractivity (Wildman–Crippen MR) is 92.0 cm³/mol. The average molecular weight is 363 g/mol. The highest BCUT2D eigenvalue weighted by Gasteiger charge is 2.14. The second kappa shape index (κ2) is 6.93. The van der Waals surface area contributed by atoms with Crippen molar-refractivity contribution < 1.29 is 14.1 Å². The number of aromatic nitrogens is 1. The average Bonchev–Trinajstić information content (AvgIpc) is 2.97. The molecule has 0 spiro atoms. The van der Waals surface area contributed by atoms with Crippen molar-refractivity contribution in [2.75, 3.05) is 11.1 Å². The summed E-state index contributed by atoms with van der Waals surface area (Å²) >= 11 is 2.69. The summed E-state index contributed by atoms with van der Waals surface area (Å²) in [5.74, 6) is -1.15. The minimum atomic E-state index is -0.723. The number of nitro groups is 1. The van der Waals surface area contributed by atoms with Crippen LogP contribution in [0.15, 0.2) is 46.8 Å². The number of carbonyl (C=O) groups is 1. The zero-order chi connectivity index (χ0) is 17.1. The number of nitro benzene ring substituents is 1. The first kappa shape index (κ1) is 16.3. The van der Waals surface area contributed by atoms with Crippen LogP contribution in [0.25, 0.3) is 10.2 Å². The maximum Gasteiger partial charge on any atom is 0.271 e. The van der Waals surface area contributed by atoms with E-state index in [1.807, 2.05) is 24.3 Å². The van der Waals surface area contributed by atoms with Crippen LogP contribution in [-0.4, -0.2) is 21.6 Å². The Morgan fingerprint density at radius 1 is 1.33 bits per heavy atom. The van der Waals surface area contributed by atoms with Gasteiger partial charge in [-0.2, -0.15) is 0 Å². The molecule has 0 aliphatic heterocycles. The van der Waals surface area contributed by atoms with Crippen LogP contribution in [0.1, 0.15) is 0 Å². The van der Waals surface area contributed by atoms with E-state index in [-0.39, 0.29) is 17.1 Å². The summed E-state index contributed by atoms with van der Waals surface area (Å²) < 4.78 is 15.4. The molecule has 3 rings (SSSR count). The van der Waals surface area contributed by atoms with Gasteiger partial charge in [0.2, 0.25) is 5.91 Å². The summed E-state index contributed by atoms with van der Waals surface area (Å²) in [5, 5.41) is 13.1. The number of nitrogens with zero attached hydrogens (tertiary/aromatic N) is 2. The number of para-hydroxylation sites is 1. The highest BCUT2D eigenvalue weighted by atomic mass is 32.2. The van der Waals surface area contributed by atoms with Gasteiger partial charge in [0.15, 0.2) is 4.34 Å². The van der Waals surface area contributed by atoms with E-state index in [0.717, 1.165) is 32.8 Å². The third-order valence-corrected chi connectivity index (χ3v) is 5.22. The Morgan fingerprint density at radius 3 is 2.88 bits per heavy atom. The van der Waals surface area contributed by atoms with E-state index in [4.69, 9.17) is 0 Å². The topological polar surface area (TPSA) is 85.1 Å². The number of benzene rings is 2. The van der Waals surface area contributed by atoms with Crippen molar-refractivity contribution >= 4 is 50.6 Å². The quantitative estimate of drug-likeness (QED) is 0.419. The van der Waals surface area contributed by atoms with Crippen molar-refractivity contribution in [2.24, 2.45) is 0 Å². The van der Waals surface area contributed by atoms with Crippen LogP contribution in [0, 0.1) is 15.9 Å². The molecule has 0 aliphatic rings. The van der Waals surface area contributed by atoms with E-state index in [2.05, 4.69) is 10.3 Å². The molecule has 6 nitrogen and oxygen atoms in total. The third kappa shape index (κ3) is 3.69. The van der Waals surface area contributed by atoms with Crippen LogP contribution in [0.3, 0.4) is 0 Å². The second-order valence-corrected chi connectivity index (χ2v) is 6.96. The van der Waals surface area contributed by atoms with E-state index in [1.54, 1.807) is 0 Å². The fraction of sp³-hybridized carbons (Fsp3) is 0.0667. The maximum atomic E-state index is 13.6. The van der Waals surface area contributed by atoms with E-state index < -0.39 is 16.6 Å². The van der Waals surface area contributed by atoms with Gasteiger partial charge in [-0.25, -0.2) is 9.37 Å². The van der Waals surface area contributed by atoms with Crippen molar-refractivity contribution in [3.05, 3.63) is 58.4 Å². The number of thioether (sulfide) groups is 1. The first-order valence-corrected chi connectivity index (χ1v) is 8.55. The molecule has 24 heavy (non-hydrogen) atoms. The van der Waals surface area contributed by atoms with Crippen LogP contribution in [0.2, 0.25) is 0 Å². The molecule has 1 aromatic heterocycles. The molecular weight excluding hydrogens is 353 g/mol. The van der Waals surface area contributed by atoms with Crippen LogP contribution < -0.4 is 5.32 Å². The number of hydrogen-bond donors (Lipinski definition) is 1. The molecule has 0 bridgehead atoms. The first-order chi connectivity index (χ1) is 11.5. The largest absolute Gasteiger partial charge is 0.323 e. The molecule has 3 aromatic rings. The van der Waals surface area contributed by atoms with Gasteiger partial charge in [-0.15, -0.1) is 11.3 Å². The molecule has 122 valence electrons. The van der Waals surface area contributed by atoms with Gasteiger partial charge in [0.1, 0.15) is 5.82 Å². The van der Waals surface area contributed by atoms with Crippen molar-refractivity contribution in [1.82, 2.24) is 4.98 Å². The smallest absolute Gasteiger partial charge is 0.271 e. The lowest BCUT2D eigenvalue weighted by molar-refractivity contribution is -0.384. The minimum Gasteiger partial charge on any atom is -0.323 e. The fourth-order valence-corrected chi connectivity index (χ4v) is 3.82. The number of fused-ring (bicyclic) bond motifs is 1. The Balaban J connectivity index is 1.65. The van der Waals surface area contributed by atoms with Gasteiger partial charge in [0, 0.05) is 12.1 Å². The molecule has 0 fully saturated rings. The summed E-state index contributed by atoms with van der Waals surface area (Å²) in [7, 11) is 0. The lowest BCUT2D eigenvalue weighted by Crippen LogP contribution is -2.15. The van der Waals surface area contributed by atoms with Gasteiger partial charge in [-0.3, -0.25) is 14.9 Å². The fourth-order valence-electron chi connectivity index (χ4n) is 1.95. The van der Waals surface area contributed by atoms with E-state index in [9.17, 15) is 19.3 Å². The monoisotopic (exact) mass is 363 g/mol. The highest BCUT2D eigenvalue weighted by Crippen LogP contribution is 2.29. The molecule has 0 aliphatic carbocycles. The summed E-state index contributed by atoms with van der Waals surface area (Å²) in [6.45, 7) is 0. The Kier molecular flexibility index (Phi) is 4.72. The minimum absolute atomic E-state index is 0.0297. The summed E-state index contributed by atoms with van der Waals surface area (Å²) in [6, 6.07) is 10.6. The van der Waals surface area contributed by atoms with E-state index in [0.29, 0.717) is 0 Å². The molecule has 0 saturated heterocycles. The SMILES string of the molecule is O=C(CSc1nc2ccccc2s1)Nc1cc([N+](=O)[O-])ccc1F. The third-order valence-electron chi connectivity index (χ3n) is 3.04. The molecule has 0 unspecified atom stereocenters. The molecule has 2 aromatic carbocycles. The number of amides is 1. The molecular formula is C15H10FN3O3S2. The van der Waals surface area contributed by atoms with Gasteiger partial charge in [-0.1, -0.05) is 23.9 Å². The van der Waals surface area contributed by atoms with E-state index in [1.165, 1.54) is 23.1 Å². The van der Waals surface area contributed by atoms with Crippen molar-refractivity contribution in [3.8, 4) is 0 Å². The summed E-state index contributed by atoms with van der Waals surface area (Å²) in [6.07, 6.45) is 0. The van der Waals surface area contributed by atoms with Crippen molar-refractivity contribution in [1.29, 1.82) is 0 Å². The summed E-state index contributed by atoms with van der Waals surface area (Å²) in [5.41, 5.74) is 0.361. The molecule has 1 heterocycles.